The Balaban J connectivity index is 2.88. The van der Waals surface area contributed by atoms with Crippen LogP contribution in [0.2, 0.25) is 0 Å². The summed E-state index contributed by atoms with van der Waals surface area (Å²) in [7, 11) is 3.09. The summed E-state index contributed by atoms with van der Waals surface area (Å²) in [4.78, 5) is 14.9. The molecule has 1 aromatic carbocycles. The number of aromatic nitrogens is 1. The molecule has 0 aliphatic carbocycles. The Bertz CT molecular complexity index is 616. The second-order valence-corrected chi connectivity index (χ2v) is 4.10. The van der Waals surface area contributed by atoms with Crippen LogP contribution >= 0.6 is 0 Å². The van der Waals surface area contributed by atoms with Crippen LogP contribution in [-0.4, -0.2) is 19.2 Å². The Labute approximate surface area is 106 Å². The number of pyridine rings is 1. The number of hydrogen-bond acceptors (Lipinski definition) is 3. The summed E-state index contributed by atoms with van der Waals surface area (Å²) < 4.78 is 10.5. The molecule has 18 heavy (non-hydrogen) atoms. The van der Waals surface area contributed by atoms with Gasteiger partial charge in [0.1, 0.15) is 5.75 Å². The quantitative estimate of drug-likeness (QED) is 0.903. The Morgan fingerprint density at radius 3 is 2.61 bits per heavy atom. The molecule has 96 valence electrons. The highest BCUT2D eigenvalue weighted by Gasteiger charge is 2.14. The predicted octanol–water partition coefficient (Wildman–Crippen LogP) is 2.50. The molecule has 4 heteroatoms. The summed E-state index contributed by atoms with van der Waals surface area (Å²) in [6.45, 7) is 2.08. The molecular weight excluding hydrogens is 230 g/mol. The van der Waals surface area contributed by atoms with Gasteiger partial charge < -0.3 is 14.5 Å². The highest BCUT2D eigenvalue weighted by atomic mass is 16.5. The van der Waals surface area contributed by atoms with Crippen LogP contribution in [-0.2, 0) is 6.42 Å². The second kappa shape index (κ2) is 5.12. The number of methoxy groups -OCH3 is 2. The van der Waals surface area contributed by atoms with Gasteiger partial charge in [-0.1, -0.05) is 25.5 Å². The molecule has 0 bridgehead atoms. The average Bonchev–Trinajstić information content (AvgIpc) is 2.39. The highest BCUT2D eigenvalue weighted by Crippen LogP contribution is 2.32. The third-order valence-corrected chi connectivity index (χ3v) is 2.97. The lowest BCUT2D eigenvalue weighted by molar-refractivity contribution is 0.401. The molecule has 0 saturated heterocycles. The maximum absolute atomic E-state index is 12.0. The molecule has 0 fully saturated rings. The molecule has 2 rings (SSSR count). The van der Waals surface area contributed by atoms with Crippen LogP contribution in [0.3, 0.4) is 0 Å². The first-order valence-electron chi connectivity index (χ1n) is 5.98. The van der Waals surface area contributed by atoms with Crippen molar-refractivity contribution >= 4 is 10.8 Å². The zero-order valence-electron chi connectivity index (χ0n) is 10.9. The van der Waals surface area contributed by atoms with Gasteiger partial charge in [0, 0.05) is 11.1 Å². The number of ether oxygens (including phenoxy) is 2. The topological polar surface area (TPSA) is 51.3 Å². The molecule has 2 aromatic rings. The first-order valence-corrected chi connectivity index (χ1v) is 5.98. The van der Waals surface area contributed by atoms with Gasteiger partial charge >= 0.3 is 0 Å². The fourth-order valence-electron chi connectivity index (χ4n) is 2.20. The first-order chi connectivity index (χ1) is 8.72. The SMILES string of the molecule is CCCc1[nH]c(=O)c(OC)c2c(OC)cccc12. The van der Waals surface area contributed by atoms with Gasteiger partial charge in [-0.05, 0) is 12.5 Å². The van der Waals surface area contributed by atoms with Crippen molar-refractivity contribution < 1.29 is 9.47 Å². The van der Waals surface area contributed by atoms with E-state index in [4.69, 9.17) is 9.47 Å². The summed E-state index contributed by atoms with van der Waals surface area (Å²) in [6.07, 6.45) is 1.79. The minimum atomic E-state index is -0.210. The Morgan fingerprint density at radius 2 is 2.00 bits per heavy atom. The van der Waals surface area contributed by atoms with Crippen LogP contribution < -0.4 is 15.0 Å². The van der Waals surface area contributed by atoms with Gasteiger partial charge in [-0.15, -0.1) is 0 Å². The van der Waals surface area contributed by atoms with Crippen LogP contribution in [0, 0.1) is 0 Å². The second-order valence-electron chi connectivity index (χ2n) is 4.10. The van der Waals surface area contributed by atoms with Gasteiger partial charge in [0.15, 0.2) is 5.75 Å². The zero-order valence-corrected chi connectivity index (χ0v) is 10.9. The van der Waals surface area contributed by atoms with Gasteiger partial charge in [-0.3, -0.25) is 4.79 Å². The van der Waals surface area contributed by atoms with Crippen molar-refractivity contribution in [3.8, 4) is 11.5 Å². The van der Waals surface area contributed by atoms with E-state index in [1.807, 2.05) is 18.2 Å². The van der Waals surface area contributed by atoms with Crippen molar-refractivity contribution in [1.82, 2.24) is 4.98 Å². The molecule has 0 spiro atoms. The summed E-state index contributed by atoms with van der Waals surface area (Å²) in [5.41, 5.74) is 0.718. The fourth-order valence-corrected chi connectivity index (χ4v) is 2.20. The van der Waals surface area contributed by atoms with E-state index < -0.39 is 0 Å². The molecule has 1 aromatic heterocycles. The number of H-pyrrole nitrogens is 1. The van der Waals surface area contributed by atoms with E-state index >= 15 is 0 Å². The Kier molecular flexibility index (Phi) is 3.55. The van der Waals surface area contributed by atoms with Crippen molar-refractivity contribution in [2.24, 2.45) is 0 Å². The zero-order chi connectivity index (χ0) is 13.1. The summed E-state index contributed by atoms with van der Waals surface area (Å²) in [5.74, 6) is 0.968. The number of aryl methyl sites for hydroxylation is 1. The van der Waals surface area contributed by atoms with E-state index in [9.17, 15) is 4.79 Å². The van der Waals surface area contributed by atoms with Crippen molar-refractivity contribution in [2.45, 2.75) is 19.8 Å². The molecule has 1 N–H and O–H groups in total. The smallest absolute Gasteiger partial charge is 0.291 e. The van der Waals surface area contributed by atoms with E-state index in [1.54, 1.807) is 7.11 Å². The lowest BCUT2D eigenvalue weighted by Gasteiger charge is -2.12. The lowest BCUT2D eigenvalue weighted by Crippen LogP contribution is -2.13. The van der Waals surface area contributed by atoms with Crippen molar-refractivity contribution in [3.05, 3.63) is 34.2 Å². The molecule has 4 nitrogen and oxygen atoms in total. The first kappa shape index (κ1) is 12.5. The van der Waals surface area contributed by atoms with E-state index in [0.29, 0.717) is 11.5 Å². The minimum Gasteiger partial charge on any atom is -0.496 e. The summed E-state index contributed by atoms with van der Waals surface area (Å²) >= 11 is 0. The van der Waals surface area contributed by atoms with Gasteiger partial charge in [0.2, 0.25) is 0 Å². The molecule has 0 atom stereocenters. The van der Waals surface area contributed by atoms with E-state index in [0.717, 1.165) is 29.3 Å². The van der Waals surface area contributed by atoms with Gasteiger partial charge in [0.05, 0.1) is 19.6 Å². The van der Waals surface area contributed by atoms with Crippen LogP contribution in [0.15, 0.2) is 23.0 Å². The monoisotopic (exact) mass is 247 g/mol. The average molecular weight is 247 g/mol. The molecule has 0 saturated carbocycles. The number of hydrogen-bond donors (Lipinski definition) is 1. The molecule has 0 aliphatic heterocycles. The maximum atomic E-state index is 12.0. The van der Waals surface area contributed by atoms with Crippen LogP contribution in [0.4, 0.5) is 0 Å². The third-order valence-electron chi connectivity index (χ3n) is 2.97. The van der Waals surface area contributed by atoms with Crippen molar-refractivity contribution in [3.63, 3.8) is 0 Å². The molecule has 0 unspecified atom stereocenters. The highest BCUT2D eigenvalue weighted by molar-refractivity contribution is 5.94. The van der Waals surface area contributed by atoms with Crippen LogP contribution in [0.5, 0.6) is 11.5 Å². The molecular formula is C14H17NO3. The number of nitrogens with one attached hydrogen (secondary N) is 1. The minimum absolute atomic E-state index is 0.210. The van der Waals surface area contributed by atoms with E-state index in [-0.39, 0.29) is 5.56 Å². The largest absolute Gasteiger partial charge is 0.496 e. The Hall–Kier alpha value is -1.97. The number of benzene rings is 1. The lowest BCUT2D eigenvalue weighted by atomic mass is 10.1. The normalized spacial score (nSPS) is 10.6. The number of fused-ring (bicyclic) bond motifs is 1. The summed E-state index contributed by atoms with van der Waals surface area (Å²) in [6, 6.07) is 5.72. The summed E-state index contributed by atoms with van der Waals surface area (Å²) in [5, 5.41) is 1.72. The molecule has 0 aliphatic rings. The van der Waals surface area contributed by atoms with Gasteiger partial charge in [-0.25, -0.2) is 0 Å². The van der Waals surface area contributed by atoms with Crippen molar-refractivity contribution in [1.29, 1.82) is 0 Å². The van der Waals surface area contributed by atoms with Gasteiger partial charge in [0.25, 0.3) is 5.56 Å². The molecule has 0 radical (unpaired) electrons. The van der Waals surface area contributed by atoms with E-state index in [1.165, 1.54) is 7.11 Å². The van der Waals surface area contributed by atoms with E-state index in [2.05, 4.69) is 11.9 Å². The maximum Gasteiger partial charge on any atom is 0.291 e. The van der Waals surface area contributed by atoms with Gasteiger partial charge in [-0.2, -0.15) is 0 Å². The Morgan fingerprint density at radius 1 is 1.22 bits per heavy atom. The predicted molar refractivity (Wildman–Crippen MR) is 71.7 cm³/mol. The van der Waals surface area contributed by atoms with Crippen LogP contribution in [0.25, 0.3) is 10.8 Å². The molecule has 1 heterocycles. The number of aromatic amines is 1. The standard InChI is InChI=1S/C14H17NO3/c1-4-6-10-9-7-5-8-11(17-2)12(9)13(18-3)14(16)15-10/h5,7-8H,4,6H2,1-3H3,(H,15,16). The molecule has 0 amide bonds. The van der Waals surface area contributed by atoms with Crippen LogP contribution in [0.1, 0.15) is 19.0 Å². The third kappa shape index (κ3) is 1.94. The fraction of sp³-hybridized carbons (Fsp3) is 0.357. The van der Waals surface area contributed by atoms with Crippen molar-refractivity contribution in [2.75, 3.05) is 14.2 Å². The number of rotatable bonds is 4.